The van der Waals surface area contributed by atoms with Crippen molar-refractivity contribution in [3.63, 3.8) is 0 Å². The Morgan fingerprint density at radius 3 is 2.32 bits per heavy atom. The smallest absolute Gasteiger partial charge is 0.339 e. The second-order valence-electron chi connectivity index (χ2n) is 11.3. The molecular weight excluding hydrogens is 579 g/mol. The van der Waals surface area contributed by atoms with Gasteiger partial charge in [-0.15, -0.1) is 0 Å². The van der Waals surface area contributed by atoms with E-state index in [4.69, 9.17) is 44.5 Å². The fourth-order valence-electron chi connectivity index (χ4n) is 5.16. The summed E-state index contributed by atoms with van der Waals surface area (Å²) >= 11 is 18.2. The van der Waals surface area contributed by atoms with Crippen LogP contribution in [0.5, 0.6) is 0 Å². The molecule has 0 saturated heterocycles. The zero-order valence-electron chi connectivity index (χ0n) is 22.9. The second kappa shape index (κ2) is 11.8. The zero-order valence-corrected chi connectivity index (χ0v) is 25.2. The van der Waals surface area contributed by atoms with Crippen molar-refractivity contribution in [2.45, 2.75) is 33.6 Å². The number of esters is 1. The van der Waals surface area contributed by atoms with E-state index in [9.17, 15) is 9.59 Å². The van der Waals surface area contributed by atoms with Crippen LogP contribution in [0.2, 0.25) is 15.1 Å². The van der Waals surface area contributed by atoms with Crippen molar-refractivity contribution in [3.8, 4) is 0 Å². The summed E-state index contributed by atoms with van der Waals surface area (Å²) in [5, 5.41) is 4.81. The van der Waals surface area contributed by atoms with Gasteiger partial charge in [-0.1, -0.05) is 85.9 Å². The minimum absolute atomic E-state index is 0.0261. The van der Waals surface area contributed by atoms with Gasteiger partial charge >= 0.3 is 5.97 Å². The number of amides is 1. The Kier molecular flexibility index (Phi) is 8.42. The van der Waals surface area contributed by atoms with Crippen LogP contribution in [0.1, 0.15) is 54.4 Å². The van der Waals surface area contributed by atoms with Gasteiger partial charge in [0.25, 0.3) is 5.91 Å². The summed E-state index contributed by atoms with van der Waals surface area (Å²) < 4.78 is 5.61. The van der Waals surface area contributed by atoms with E-state index in [1.54, 1.807) is 18.2 Å². The lowest BCUT2D eigenvalue weighted by atomic mass is 9.69. The Bertz CT molecular complexity index is 1650. The van der Waals surface area contributed by atoms with E-state index in [1.807, 2.05) is 48.5 Å². The van der Waals surface area contributed by atoms with E-state index in [1.165, 1.54) is 0 Å². The highest BCUT2D eigenvalue weighted by atomic mass is 35.5. The van der Waals surface area contributed by atoms with Crippen LogP contribution in [0.25, 0.3) is 22.6 Å². The Morgan fingerprint density at radius 1 is 0.951 bits per heavy atom. The van der Waals surface area contributed by atoms with Crippen LogP contribution in [0.3, 0.4) is 0 Å². The lowest BCUT2D eigenvalue weighted by molar-refractivity contribution is -0.119. The van der Waals surface area contributed by atoms with Gasteiger partial charge in [-0.2, -0.15) is 0 Å². The van der Waals surface area contributed by atoms with E-state index in [0.29, 0.717) is 43.6 Å². The Labute approximate surface area is 254 Å². The Morgan fingerprint density at radius 2 is 1.63 bits per heavy atom. The fourth-order valence-corrected chi connectivity index (χ4v) is 5.81. The van der Waals surface area contributed by atoms with Crippen LogP contribution in [-0.4, -0.2) is 23.5 Å². The summed E-state index contributed by atoms with van der Waals surface area (Å²) in [6.07, 6.45) is 3.59. The molecule has 0 aliphatic heterocycles. The molecule has 1 aliphatic rings. The summed E-state index contributed by atoms with van der Waals surface area (Å²) in [5.74, 6) is -0.821. The van der Waals surface area contributed by atoms with Crippen molar-refractivity contribution < 1.29 is 14.3 Å². The highest BCUT2D eigenvalue weighted by molar-refractivity contribution is 6.35. The highest BCUT2D eigenvalue weighted by Gasteiger charge is 2.35. The minimum Gasteiger partial charge on any atom is -0.452 e. The van der Waals surface area contributed by atoms with Crippen molar-refractivity contribution in [1.82, 2.24) is 4.98 Å². The third kappa shape index (κ3) is 6.75. The Balaban J connectivity index is 1.53. The zero-order chi connectivity index (χ0) is 29.3. The summed E-state index contributed by atoms with van der Waals surface area (Å²) in [6, 6.07) is 19.9. The van der Waals surface area contributed by atoms with Gasteiger partial charge in [-0.25, -0.2) is 9.78 Å². The number of carbonyl (C=O) groups excluding carboxylic acids is 2. The summed E-state index contributed by atoms with van der Waals surface area (Å²) in [7, 11) is 0. The van der Waals surface area contributed by atoms with Gasteiger partial charge in [0.1, 0.15) is 0 Å². The predicted molar refractivity (Wildman–Crippen MR) is 168 cm³/mol. The number of anilines is 1. The van der Waals surface area contributed by atoms with Gasteiger partial charge in [0.2, 0.25) is 0 Å². The van der Waals surface area contributed by atoms with Crippen LogP contribution in [-0.2, 0) is 16.0 Å². The van der Waals surface area contributed by atoms with Crippen molar-refractivity contribution in [3.05, 3.63) is 104 Å². The molecule has 0 radical (unpaired) electrons. The number of hydrogen-bond donors (Lipinski definition) is 1. The second-order valence-corrected chi connectivity index (χ2v) is 12.6. The average Bonchev–Trinajstić information content (AvgIpc) is 2.90. The molecule has 4 aromatic rings. The van der Waals surface area contributed by atoms with Crippen LogP contribution in [0, 0.1) is 11.3 Å². The molecule has 0 unspecified atom stereocenters. The van der Waals surface area contributed by atoms with Crippen molar-refractivity contribution in [1.29, 1.82) is 0 Å². The van der Waals surface area contributed by atoms with Crippen molar-refractivity contribution in [2.24, 2.45) is 11.3 Å². The molecule has 0 fully saturated rings. The normalized spacial score (nSPS) is 16.0. The molecule has 1 N–H and O–H groups in total. The summed E-state index contributed by atoms with van der Waals surface area (Å²) in [5.41, 5.74) is 5.19. The van der Waals surface area contributed by atoms with Crippen LogP contribution < -0.4 is 5.32 Å². The first-order valence-corrected chi connectivity index (χ1v) is 14.4. The molecule has 41 heavy (non-hydrogen) atoms. The predicted octanol–water partition coefficient (Wildman–Crippen LogP) is 9.14. The number of fused-ring (bicyclic) bond motifs is 2. The molecule has 1 aromatic heterocycles. The molecule has 1 heterocycles. The first-order valence-electron chi connectivity index (χ1n) is 13.3. The van der Waals surface area contributed by atoms with Crippen LogP contribution in [0.4, 0.5) is 5.69 Å². The maximum atomic E-state index is 13.7. The number of hydrogen-bond acceptors (Lipinski definition) is 4. The number of nitrogens with zero attached hydrogens (tertiary/aromatic N) is 1. The number of aromatic nitrogens is 1. The number of allylic oxidation sites excluding steroid dienone is 1. The quantitative estimate of drug-likeness (QED) is 0.230. The SMILES string of the molecule is CC(C)(C)[C@@H]1C/C(=C\c2ccc(Cl)cc2)c2nc3ccccc3c(C(=O)OCC(=O)Nc3cc(Cl)cc(Cl)c3)c2C1. The van der Waals surface area contributed by atoms with Gasteiger partial charge in [-0.05, 0) is 83.3 Å². The number of rotatable bonds is 5. The number of benzene rings is 3. The summed E-state index contributed by atoms with van der Waals surface area (Å²) in [4.78, 5) is 31.5. The molecule has 1 amide bonds. The number of halogens is 3. The van der Waals surface area contributed by atoms with Gasteiger partial charge in [0.15, 0.2) is 6.61 Å². The molecule has 0 bridgehead atoms. The van der Waals surface area contributed by atoms with E-state index >= 15 is 0 Å². The number of pyridine rings is 1. The molecule has 0 saturated carbocycles. The maximum Gasteiger partial charge on any atom is 0.339 e. The van der Waals surface area contributed by atoms with E-state index in [2.05, 4.69) is 32.2 Å². The molecule has 5 nitrogen and oxygen atoms in total. The standard InChI is InChI=1S/C33H29Cl3N2O3/c1-33(2,3)21-13-20(12-19-8-10-22(34)11-9-19)31-27(14-21)30(26-6-4-5-7-28(26)38-31)32(40)41-18-29(39)37-25-16-23(35)15-24(36)17-25/h4-12,15-17,21H,13-14,18H2,1-3H3,(H,37,39)/b20-12+/t21-/m1/s1. The molecule has 1 atom stereocenters. The monoisotopic (exact) mass is 606 g/mol. The number of carbonyl (C=O) groups is 2. The average molecular weight is 608 g/mol. The van der Waals surface area contributed by atoms with E-state index in [0.717, 1.165) is 28.8 Å². The molecule has 3 aromatic carbocycles. The number of ether oxygens (including phenoxy) is 1. The Hall–Kier alpha value is -3.38. The fraction of sp³-hybridized carbons (Fsp3) is 0.242. The summed E-state index contributed by atoms with van der Waals surface area (Å²) in [6.45, 7) is 6.16. The molecule has 1 aliphatic carbocycles. The molecule has 8 heteroatoms. The first-order chi connectivity index (χ1) is 19.5. The van der Waals surface area contributed by atoms with E-state index in [-0.39, 0.29) is 11.3 Å². The minimum atomic E-state index is -0.570. The number of nitrogens with one attached hydrogen (secondary N) is 1. The van der Waals surface area contributed by atoms with Crippen molar-refractivity contribution in [2.75, 3.05) is 11.9 Å². The lowest BCUT2D eigenvalue weighted by Gasteiger charge is -2.36. The topological polar surface area (TPSA) is 68.3 Å². The number of para-hydroxylation sites is 1. The van der Waals surface area contributed by atoms with Crippen LogP contribution >= 0.6 is 34.8 Å². The van der Waals surface area contributed by atoms with Gasteiger partial charge in [0, 0.05) is 26.1 Å². The van der Waals surface area contributed by atoms with E-state index < -0.39 is 18.5 Å². The molecule has 0 spiro atoms. The molecular formula is C33H29Cl3N2O3. The lowest BCUT2D eigenvalue weighted by Crippen LogP contribution is -2.29. The van der Waals surface area contributed by atoms with Gasteiger partial charge in [0.05, 0.1) is 16.8 Å². The first kappa shape index (κ1) is 29.1. The molecule has 5 rings (SSSR count). The largest absolute Gasteiger partial charge is 0.452 e. The van der Waals surface area contributed by atoms with Crippen molar-refractivity contribution >= 4 is 74.9 Å². The van der Waals surface area contributed by atoms with Crippen LogP contribution in [0.15, 0.2) is 66.7 Å². The maximum absolute atomic E-state index is 13.7. The van der Waals surface area contributed by atoms with Gasteiger partial charge in [-0.3, -0.25) is 4.79 Å². The third-order valence-electron chi connectivity index (χ3n) is 7.33. The van der Waals surface area contributed by atoms with Gasteiger partial charge < -0.3 is 10.1 Å². The molecule has 210 valence electrons. The highest BCUT2D eigenvalue weighted by Crippen LogP contribution is 2.45. The third-order valence-corrected chi connectivity index (χ3v) is 8.02.